The molecule has 0 unspecified atom stereocenters. The van der Waals surface area contributed by atoms with Crippen molar-refractivity contribution in [3.63, 3.8) is 0 Å². The standard InChI is InChI=1S/C20H28N4O3/c1-2-3-13-25-17-5-4-6-18(16-17)26-14-15-27-20-19(22-7-8-23-20)24-11-9-21-10-12-24/h4-8,16,21H,2-3,9-15H2,1H3. The molecule has 7 nitrogen and oxygen atoms in total. The summed E-state index contributed by atoms with van der Waals surface area (Å²) in [6.07, 6.45) is 5.52. The average molecular weight is 372 g/mol. The number of anilines is 1. The molecule has 0 bridgehead atoms. The van der Waals surface area contributed by atoms with Crippen molar-refractivity contribution in [3.05, 3.63) is 36.7 Å². The van der Waals surface area contributed by atoms with Crippen LogP contribution in [0.2, 0.25) is 0 Å². The van der Waals surface area contributed by atoms with E-state index in [0.717, 1.165) is 62.9 Å². The minimum atomic E-state index is 0.401. The lowest BCUT2D eigenvalue weighted by atomic mass is 10.3. The topological polar surface area (TPSA) is 68.7 Å². The first-order valence-corrected chi connectivity index (χ1v) is 9.62. The molecule has 0 spiro atoms. The molecule has 3 rings (SSSR count). The van der Waals surface area contributed by atoms with E-state index in [2.05, 4.69) is 27.1 Å². The number of hydrogen-bond donors (Lipinski definition) is 1. The monoisotopic (exact) mass is 372 g/mol. The molecule has 1 fully saturated rings. The fourth-order valence-corrected chi connectivity index (χ4v) is 2.80. The second-order valence-electron chi connectivity index (χ2n) is 6.30. The molecular weight excluding hydrogens is 344 g/mol. The molecule has 1 N–H and O–H groups in total. The molecule has 0 aliphatic carbocycles. The van der Waals surface area contributed by atoms with Crippen LogP contribution in [-0.2, 0) is 0 Å². The molecule has 7 heteroatoms. The van der Waals surface area contributed by atoms with E-state index >= 15 is 0 Å². The maximum Gasteiger partial charge on any atom is 0.257 e. The molecule has 0 amide bonds. The number of rotatable bonds is 10. The highest BCUT2D eigenvalue weighted by Gasteiger charge is 2.17. The molecule has 0 atom stereocenters. The highest BCUT2D eigenvalue weighted by atomic mass is 16.5. The third-order valence-electron chi connectivity index (χ3n) is 4.23. The summed E-state index contributed by atoms with van der Waals surface area (Å²) in [5.41, 5.74) is 0. The third kappa shape index (κ3) is 5.99. The first-order valence-electron chi connectivity index (χ1n) is 9.62. The fraction of sp³-hybridized carbons (Fsp3) is 0.500. The lowest BCUT2D eigenvalue weighted by Gasteiger charge is -2.28. The van der Waals surface area contributed by atoms with E-state index in [4.69, 9.17) is 14.2 Å². The Kier molecular flexibility index (Phi) is 7.53. The van der Waals surface area contributed by atoms with Gasteiger partial charge < -0.3 is 24.4 Å². The fourth-order valence-electron chi connectivity index (χ4n) is 2.80. The van der Waals surface area contributed by atoms with Gasteiger partial charge in [0.15, 0.2) is 5.82 Å². The Morgan fingerprint density at radius 2 is 1.67 bits per heavy atom. The molecule has 1 aromatic carbocycles. The Morgan fingerprint density at radius 3 is 2.44 bits per heavy atom. The molecule has 2 heterocycles. The van der Waals surface area contributed by atoms with E-state index in [9.17, 15) is 0 Å². The maximum atomic E-state index is 5.83. The summed E-state index contributed by atoms with van der Waals surface area (Å²) in [6, 6.07) is 7.70. The van der Waals surface area contributed by atoms with Gasteiger partial charge >= 0.3 is 0 Å². The van der Waals surface area contributed by atoms with Crippen molar-refractivity contribution in [1.82, 2.24) is 15.3 Å². The number of benzene rings is 1. The molecule has 146 valence electrons. The highest BCUT2D eigenvalue weighted by Crippen LogP contribution is 2.23. The lowest BCUT2D eigenvalue weighted by molar-refractivity contribution is 0.210. The van der Waals surface area contributed by atoms with Gasteiger partial charge in [0.2, 0.25) is 0 Å². The van der Waals surface area contributed by atoms with Crippen molar-refractivity contribution < 1.29 is 14.2 Å². The van der Waals surface area contributed by atoms with Crippen LogP contribution in [0.3, 0.4) is 0 Å². The van der Waals surface area contributed by atoms with Gasteiger partial charge in [0, 0.05) is 44.6 Å². The summed E-state index contributed by atoms with van der Waals surface area (Å²) in [4.78, 5) is 11.0. The smallest absolute Gasteiger partial charge is 0.257 e. The van der Waals surface area contributed by atoms with Crippen molar-refractivity contribution in [2.75, 3.05) is 50.9 Å². The predicted molar refractivity (Wildman–Crippen MR) is 105 cm³/mol. The van der Waals surface area contributed by atoms with Crippen LogP contribution in [-0.4, -0.2) is 56.0 Å². The molecule has 2 aromatic rings. The van der Waals surface area contributed by atoms with E-state index in [0.29, 0.717) is 19.1 Å². The van der Waals surface area contributed by atoms with Crippen molar-refractivity contribution >= 4 is 5.82 Å². The number of unbranched alkanes of at least 4 members (excludes halogenated alkanes) is 1. The van der Waals surface area contributed by atoms with Crippen LogP contribution in [0.15, 0.2) is 36.7 Å². The summed E-state index contributed by atoms with van der Waals surface area (Å²) in [5.74, 6) is 2.95. The van der Waals surface area contributed by atoms with Crippen molar-refractivity contribution in [2.24, 2.45) is 0 Å². The summed E-state index contributed by atoms with van der Waals surface area (Å²) >= 11 is 0. The minimum Gasteiger partial charge on any atom is -0.493 e. The molecule has 1 aliphatic heterocycles. The zero-order valence-electron chi connectivity index (χ0n) is 15.9. The average Bonchev–Trinajstić information content (AvgIpc) is 2.73. The van der Waals surface area contributed by atoms with E-state index in [1.54, 1.807) is 12.4 Å². The van der Waals surface area contributed by atoms with Gasteiger partial charge in [0.1, 0.15) is 24.7 Å². The van der Waals surface area contributed by atoms with E-state index in [-0.39, 0.29) is 0 Å². The molecule has 1 saturated heterocycles. The zero-order valence-corrected chi connectivity index (χ0v) is 15.9. The van der Waals surface area contributed by atoms with Crippen LogP contribution in [0.5, 0.6) is 17.4 Å². The van der Waals surface area contributed by atoms with Gasteiger partial charge in [0.05, 0.1) is 6.61 Å². The molecule has 1 aliphatic rings. The molecule has 1 aromatic heterocycles. The van der Waals surface area contributed by atoms with Crippen molar-refractivity contribution in [2.45, 2.75) is 19.8 Å². The number of nitrogens with zero attached hydrogens (tertiary/aromatic N) is 3. The van der Waals surface area contributed by atoms with E-state index in [1.807, 2.05) is 24.3 Å². The Bertz CT molecular complexity index is 692. The Hall–Kier alpha value is -2.54. The SMILES string of the molecule is CCCCOc1cccc(OCCOc2nccnc2N2CCNCC2)c1. The van der Waals surface area contributed by atoms with Crippen LogP contribution in [0.1, 0.15) is 19.8 Å². The number of piperazine rings is 1. The molecule has 0 saturated carbocycles. The lowest BCUT2D eigenvalue weighted by Crippen LogP contribution is -2.44. The van der Waals surface area contributed by atoms with Crippen LogP contribution in [0.4, 0.5) is 5.82 Å². The second kappa shape index (κ2) is 10.6. The number of nitrogens with one attached hydrogen (secondary N) is 1. The quantitative estimate of drug-likeness (QED) is 0.643. The van der Waals surface area contributed by atoms with Gasteiger partial charge in [-0.1, -0.05) is 19.4 Å². The molecular formula is C20H28N4O3. The summed E-state index contributed by atoms with van der Waals surface area (Å²) < 4.78 is 17.3. The predicted octanol–water partition coefficient (Wildman–Crippen LogP) is 2.52. The van der Waals surface area contributed by atoms with Crippen LogP contribution in [0.25, 0.3) is 0 Å². The van der Waals surface area contributed by atoms with Crippen LogP contribution >= 0.6 is 0 Å². The van der Waals surface area contributed by atoms with Gasteiger partial charge in [-0.2, -0.15) is 0 Å². The second-order valence-corrected chi connectivity index (χ2v) is 6.30. The largest absolute Gasteiger partial charge is 0.493 e. The summed E-state index contributed by atoms with van der Waals surface area (Å²) in [7, 11) is 0. The third-order valence-corrected chi connectivity index (χ3v) is 4.23. The first kappa shape index (κ1) is 19.2. The van der Waals surface area contributed by atoms with Gasteiger partial charge in [-0.3, -0.25) is 0 Å². The van der Waals surface area contributed by atoms with Gasteiger partial charge in [0.25, 0.3) is 5.88 Å². The highest BCUT2D eigenvalue weighted by molar-refractivity contribution is 5.48. The molecule has 0 radical (unpaired) electrons. The number of hydrogen-bond acceptors (Lipinski definition) is 7. The van der Waals surface area contributed by atoms with Crippen molar-refractivity contribution in [1.29, 1.82) is 0 Å². The first-order chi connectivity index (χ1) is 13.4. The Labute approximate surface area is 160 Å². The van der Waals surface area contributed by atoms with E-state index in [1.165, 1.54) is 0 Å². The van der Waals surface area contributed by atoms with E-state index < -0.39 is 0 Å². The maximum absolute atomic E-state index is 5.83. The number of aromatic nitrogens is 2. The van der Waals surface area contributed by atoms with Gasteiger partial charge in [-0.15, -0.1) is 0 Å². The van der Waals surface area contributed by atoms with Gasteiger partial charge in [-0.05, 0) is 18.6 Å². The summed E-state index contributed by atoms with van der Waals surface area (Å²) in [6.45, 7) is 7.38. The zero-order chi connectivity index (χ0) is 18.7. The molecule has 27 heavy (non-hydrogen) atoms. The number of ether oxygens (including phenoxy) is 3. The minimum absolute atomic E-state index is 0.401. The van der Waals surface area contributed by atoms with Crippen LogP contribution in [0, 0.1) is 0 Å². The van der Waals surface area contributed by atoms with Gasteiger partial charge in [-0.25, -0.2) is 9.97 Å². The van der Waals surface area contributed by atoms with Crippen LogP contribution < -0.4 is 24.4 Å². The normalized spacial score (nSPS) is 14.0. The van der Waals surface area contributed by atoms with Crippen molar-refractivity contribution in [3.8, 4) is 17.4 Å². The summed E-state index contributed by atoms with van der Waals surface area (Å²) in [5, 5.41) is 3.33. The Morgan fingerprint density at radius 1 is 0.963 bits per heavy atom. The Balaban J connectivity index is 1.47.